The highest BCUT2D eigenvalue weighted by Crippen LogP contribution is 2.57. The van der Waals surface area contributed by atoms with Gasteiger partial charge in [0.05, 0.1) is 24.9 Å². The zero-order valence-corrected chi connectivity index (χ0v) is 20.8. The van der Waals surface area contributed by atoms with Gasteiger partial charge in [0.2, 0.25) is 17.7 Å². The molecule has 0 radical (unpaired) electrons. The van der Waals surface area contributed by atoms with Crippen molar-refractivity contribution in [2.45, 2.75) is 12.0 Å². The molecule has 3 heterocycles. The lowest BCUT2D eigenvalue weighted by Crippen LogP contribution is -2.48. The molecule has 1 atom stereocenters. The number of benzene rings is 3. The average molecular weight is 531 g/mol. The van der Waals surface area contributed by atoms with E-state index in [1.165, 1.54) is 24.1 Å². The van der Waals surface area contributed by atoms with Gasteiger partial charge in [-0.05, 0) is 18.2 Å². The smallest absolute Gasteiger partial charge is 0.340 e. The summed E-state index contributed by atoms with van der Waals surface area (Å²) in [5, 5.41) is 7.42. The van der Waals surface area contributed by atoms with E-state index in [0.29, 0.717) is 28.1 Å². The molecule has 190 valence electrons. The number of halogens is 2. The van der Waals surface area contributed by atoms with Gasteiger partial charge in [-0.2, -0.15) is 0 Å². The van der Waals surface area contributed by atoms with Crippen LogP contribution in [0.15, 0.2) is 84.3 Å². The van der Waals surface area contributed by atoms with Crippen molar-refractivity contribution < 1.29 is 23.5 Å². The molecule has 6 rings (SSSR count). The van der Waals surface area contributed by atoms with E-state index < -0.39 is 23.1 Å². The lowest BCUT2D eigenvalue weighted by molar-refractivity contribution is -0.138. The van der Waals surface area contributed by atoms with Crippen LogP contribution in [0.3, 0.4) is 0 Å². The number of methoxy groups -OCH3 is 1. The maximum Gasteiger partial charge on any atom is 0.340 e. The van der Waals surface area contributed by atoms with Gasteiger partial charge in [-0.1, -0.05) is 66.2 Å². The maximum absolute atomic E-state index is 14.9. The second-order valence-electron chi connectivity index (χ2n) is 8.84. The van der Waals surface area contributed by atoms with E-state index in [0.717, 1.165) is 0 Å². The highest BCUT2D eigenvalue weighted by molar-refractivity contribution is 6.31. The van der Waals surface area contributed by atoms with Crippen molar-refractivity contribution in [1.82, 2.24) is 10.2 Å². The molecule has 0 fully saturated rings. The number of carbonyl (C=O) groups is 2. The Bertz CT molecular complexity index is 1630. The van der Waals surface area contributed by atoms with Crippen LogP contribution in [0.4, 0.5) is 10.1 Å². The van der Waals surface area contributed by atoms with Gasteiger partial charge in [0.25, 0.3) is 0 Å². The van der Waals surface area contributed by atoms with E-state index in [1.807, 2.05) is 30.3 Å². The van der Waals surface area contributed by atoms with Gasteiger partial charge in [-0.15, -0.1) is 5.10 Å². The standard InChI is InChI=1S/C28H20ClFN4O4/c1-37-26(35)22-24(31)38-25-21(23(32-33-25)15-8-3-2-4-9-15)28(22)17-10-5-6-13-20(17)34(27(28)36)14-16-18(29)11-7-12-19(16)30/h2-13H,14,31H2,1H3,(H,32,33). The fraction of sp³-hybridized carbons (Fsp3) is 0.107. The summed E-state index contributed by atoms with van der Waals surface area (Å²) in [7, 11) is 1.20. The highest BCUT2D eigenvalue weighted by Gasteiger charge is 2.63. The lowest BCUT2D eigenvalue weighted by Gasteiger charge is -2.34. The number of aromatic nitrogens is 2. The molecule has 2 aliphatic rings. The van der Waals surface area contributed by atoms with Crippen LogP contribution in [0, 0.1) is 5.82 Å². The fourth-order valence-electron chi connectivity index (χ4n) is 5.32. The first-order valence-corrected chi connectivity index (χ1v) is 12.0. The summed E-state index contributed by atoms with van der Waals surface area (Å²) < 4.78 is 25.7. The summed E-state index contributed by atoms with van der Waals surface area (Å²) in [6, 6.07) is 20.5. The Morgan fingerprint density at radius 2 is 1.87 bits per heavy atom. The molecule has 10 heteroatoms. The molecule has 0 saturated heterocycles. The minimum atomic E-state index is -1.79. The summed E-state index contributed by atoms with van der Waals surface area (Å²) in [5.41, 5.74) is 6.81. The van der Waals surface area contributed by atoms with E-state index in [4.69, 9.17) is 26.8 Å². The molecular weight excluding hydrogens is 511 g/mol. The molecule has 1 spiro atoms. The molecule has 0 saturated carbocycles. The first kappa shape index (κ1) is 23.7. The van der Waals surface area contributed by atoms with Gasteiger partial charge in [0.15, 0.2) is 0 Å². The Morgan fingerprint density at radius 1 is 1.13 bits per heavy atom. The maximum atomic E-state index is 14.9. The number of aromatic amines is 1. The Kier molecular flexibility index (Phi) is 5.46. The van der Waals surface area contributed by atoms with E-state index in [2.05, 4.69) is 10.2 Å². The largest absolute Gasteiger partial charge is 0.465 e. The third kappa shape index (κ3) is 3.18. The molecule has 38 heavy (non-hydrogen) atoms. The number of hydrogen-bond acceptors (Lipinski definition) is 6. The van der Waals surface area contributed by atoms with Crippen LogP contribution < -0.4 is 15.4 Å². The fourth-order valence-corrected chi connectivity index (χ4v) is 5.54. The Balaban J connectivity index is 1.67. The zero-order chi connectivity index (χ0) is 26.6. The average Bonchev–Trinajstić information content (AvgIpc) is 3.45. The highest BCUT2D eigenvalue weighted by atomic mass is 35.5. The Labute approximate surface area is 221 Å². The quantitative estimate of drug-likeness (QED) is 0.377. The number of para-hydroxylation sites is 1. The number of anilines is 1. The number of nitrogens with zero attached hydrogens (tertiary/aromatic N) is 2. The van der Waals surface area contributed by atoms with Crippen LogP contribution in [-0.4, -0.2) is 29.2 Å². The molecule has 1 unspecified atom stereocenters. The summed E-state index contributed by atoms with van der Waals surface area (Å²) in [6.07, 6.45) is 0. The van der Waals surface area contributed by atoms with Crippen LogP contribution in [0.2, 0.25) is 5.02 Å². The van der Waals surface area contributed by atoms with Crippen molar-refractivity contribution >= 4 is 29.2 Å². The summed E-state index contributed by atoms with van der Waals surface area (Å²) in [4.78, 5) is 29.5. The predicted molar refractivity (Wildman–Crippen MR) is 138 cm³/mol. The number of H-pyrrole nitrogens is 1. The normalized spacial score (nSPS) is 17.9. The first-order valence-electron chi connectivity index (χ1n) is 11.6. The number of amides is 1. The van der Waals surface area contributed by atoms with Gasteiger partial charge < -0.3 is 20.1 Å². The molecule has 0 bridgehead atoms. The number of nitrogens with one attached hydrogen (secondary N) is 1. The van der Waals surface area contributed by atoms with E-state index in [-0.39, 0.29) is 34.5 Å². The van der Waals surface area contributed by atoms with Crippen molar-refractivity contribution in [3.8, 4) is 17.1 Å². The van der Waals surface area contributed by atoms with Gasteiger partial charge in [-0.25, -0.2) is 9.18 Å². The van der Waals surface area contributed by atoms with Crippen LogP contribution in [0.5, 0.6) is 5.88 Å². The minimum Gasteiger partial charge on any atom is -0.465 e. The summed E-state index contributed by atoms with van der Waals surface area (Å²) >= 11 is 6.34. The topological polar surface area (TPSA) is 111 Å². The van der Waals surface area contributed by atoms with Crippen molar-refractivity contribution in [1.29, 1.82) is 0 Å². The Morgan fingerprint density at radius 3 is 2.61 bits per heavy atom. The van der Waals surface area contributed by atoms with Crippen LogP contribution in [-0.2, 0) is 26.3 Å². The van der Waals surface area contributed by atoms with Gasteiger partial charge in [0, 0.05) is 27.4 Å². The van der Waals surface area contributed by atoms with Gasteiger partial charge in [-0.3, -0.25) is 9.89 Å². The number of rotatable bonds is 4. The van der Waals surface area contributed by atoms with Crippen LogP contribution >= 0.6 is 11.6 Å². The minimum absolute atomic E-state index is 0.0444. The van der Waals surface area contributed by atoms with Crippen molar-refractivity contribution in [3.63, 3.8) is 0 Å². The van der Waals surface area contributed by atoms with Gasteiger partial charge in [0.1, 0.15) is 16.8 Å². The molecule has 3 N–H and O–H groups in total. The number of esters is 1. The molecular formula is C28H20ClFN4O4. The lowest BCUT2D eigenvalue weighted by atomic mass is 9.68. The van der Waals surface area contributed by atoms with E-state index in [9.17, 15) is 14.0 Å². The number of carbonyl (C=O) groups excluding carboxylic acids is 2. The SMILES string of the molecule is COC(=O)C1=C(N)Oc2n[nH]c(-c3ccccc3)c2C12C(=O)N(Cc1c(F)cccc1Cl)c1ccccc12. The number of ether oxygens (including phenoxy) is 2. The van der Waals surface area contributed by atoms with Crippen LogP contribution in [0.25, 0.3) is 11.3 Å². The Hall–Kier alpha value is -4.63. The van der Waals surface area contributed by atoms with E-state index >= 15 is 0 Å². The number of hydrogen-bond donors (Lipinski definition) is 2. The summed E-state index contributed by atoms with van der Waals surface area (Å²) in [5.74, 6) is -2.23. The monoisotopic (exact) mass is 530 g/mol. The first-order chi connectivity index (χ1) is 18.4. The predicted octanol–water partition coefficient (Wildman–Crippen LogP) is 4.44. The third-order valence-corrected chi connectivity index (χ3v) is 7.28. The molecule has 2 aliphatic heterocycles. The molecule has 4 aromatic rings. The number of fused-ring (bicyclic) bond motifs is 4. The van der Waals surface area contributed by atoms with Crippen molar-refractivity contribution in [3.05, 3.63) is 112 Å². The second kappa shape index (κ2) is 8.74. The van der Waals surface area contributed by atoms with Crippen LogP contribution in [0.1, 0.15) is 16.7 Å². The number of nitrogens with two attached hydrogens (primary N) is 1. The van der Waals surface area contributed by atoms with E-state index in [1.54, 1.807) is 30.3 Å². The second-order valence-corrected chi connectivity index (χ2v) is 9.24. The molecule has 3 aromatic carbocycles. The molecule has 0 aliphatic carbocycles. The molecule has 1 aromatic heterocycles. The third-order valence-electron chi connectivity index (χ3n) is 6.93. The molecule has 1 amide bonds. The van der Waals surface area contributed by atoms with Gasteiger partial charge >= 0.3 is 5.97 Å². The van der Waals surface area contributed by atoms with Crippen molar-refractivity contribution in [2.24, 2.45) is 5.73 Å². The summed E-state index contributed by atoms with van der Waals surface area (Å²) in [6.45, 7) is -0.188. The zero-order valence-electron chi connectivity index (χ0n) is 20.0. The molecule has 8 nitrogen and oxygen atoms in total. The van der Waals surface area contributed by atoms with Crippen molar-refractivity contribution in [2.75, 3.05) is 12.0 Å².